The van der Waals surface area contributed by atoms with E-state index in [1.807, 2.05) is 14.1 Å². The second kappa shape index (κ2) is 6.16. The number of imidazole rings is 1. The summed E-state index contributed by atoms with van der Waals surface area (Å²) in [5, 5.41) is 0.146. The molecule has 7 nitrogen and oxygen atoms in total. The molecule has 0 radical (unpaired) electrons. The first-order valence-corrected chi connectivity index (χ1v) is 9.48. The molecule has 3 rings (SSSR count). The molecule has 0 N–H and O–H groups in total. The fourth-order valence-corrected chi connectivity index (χ4v) is 5.41. The summed E-state index contributed by atoms with van der Waals surface area (Å²) in [5.41, 5.74) is 0.0321. The topological polar surface area (TPSA) is 67.7 Å². The summed E-state index contributed by atoms with van der Waals surface area (Å²) in [7, 11) is 2.35. The number of hydrogen-bond donors (Lipinski definition) is 0. The van der Waals surface area contributed by atoms with Gasteiger partial charge in [-0.1, -0.05) is 0 Å². The highest BCUT2D eigenvalue weighted by molar-refractivity contribution is 7.89. The third kappa shape index (κ3) is 3.17. The fourth-order valence-electron chi connectivity index (χ4n) is 3.86. The lowest BCUT2D eigenvalue weighted by Gasteiger charge is -2.39. The van der Waals surface area contributed by atoms with E-state index < -0.39 is 10.0 Å². The van der Waals surface area contributed by atoms with Crippen molar-refractivity contribution in [1.29, 1.82) is 0 Å². The molecule has 0 bridgehead atoms. The number of rotatable bonds is 4. The van der Waals surface area contributed by atoms with Gasteiger partial charge in [0.2, 0.25) is 0 Å². The predicted octanol–water partition coefficient (Wildman–Crippen LogP) is 0.399. The molecular formula is C15H26N4O3S. The molecule has 8 heteroatoms. The van der Waals surface area contributed by atoms with E-state index in [1.54, 1.807) is 22.1 Å². The fraction of sp³-hybridized carbons (Fsp3) is 0.800. The molecule has 0 amide bonds. The van der Waals surface area contributed by atoms with E-state index in [9.17, 15) is 8.42 Å². The molecule has 1 spiro atoms. The molecule has 0 aromatic carbocycles. The van der Waals surface area contributed by atoms with Crippen LogP contribution in [0.2, 0.25) is 0 Å². The average Bonchev–Trinajstić information content (AvgIpc) is 3.06. The van der Waals surface area contributed by atoms with Gasteiger partial charge in [-0.15, -0.1) is 0 Å². The van der Waals surface area contributed by atoms with Crippen LogP contribution < -0.4 is 0 Å². The summed E-state index contributed by atoms with van der Waals surface area (Å²) in [5.74, 6) is 0.333. The molecule has 0 saturated carbocycles. The highest BCUT2D eigenvalue weighted by atomic mass is 32.2. The number of ether oxygens (including phenoxy) is 1. The largest absolute Gasteiger partial charge is 0.381 e. The summed E-state index contributed by atoms with van der Waals surface area (Å²) >= 11 is 0. The van der Waals surface area contributed by atoms with Crippen LogP contribution in [-0.2, 0) is 21.8 Å². The van der Waals surface area contributed by atoms with Gasteiger partial charge in [-0.3, -0.25) is 0 Å². The van der Waals surface area contributed by atoms with Gasteiger partial charge in [0, 0.05) is 46.1 Å². The Bertz CT molecular complexity index is 649. The van der Waals surface area contributed by atoms with E-state index in [0.717, 1.165) is 32.6 Å². The zero-order chi connectivity index (χ0) is 16.7. The van der Waals surface area contributed by atoms with E-state index in [-0.39, 0.29) is 10.4 Å². The van der Waals surface area contributed by atoms with Gasteiger partial charge < -0.3 is 14.2 Å². The van der Waals surface area contributed by atoms with Crippen LogP contribution in [0.5, 0.6) is 0 Å². The van der Waals surface area contributed by atoms with E-state index in [0.29, 0.717) is 19.0 Å². The number of hydrogen-bond acceptors (Lipinski definition) is 5. The summed E-state index contributed by atoms with van der Waals surface area (Å²) in [6.45, 7) is 3.49. The van der Waals surface area contributed by atoms with Crippen molar-refractivity contribution < 1.29 is 13.2 Å². The second-order valence-electron chi connectivity index (χ2n) is 7.11. The Morgan fingerprint density at radius 1 is 1.39 bits per heavy atom. The third-order valence-electron chi connectivity index (χ3n) is 5.14. The minimum absolute atomic E-state index is 0.0321. The lowest BCUT2D eigenvalue weighted by atomic mass is 9.72. The maximum atomic E-state index is 12.9. The number of sulfonamides is 1. The summed E-state index contributed by atoms with van der Waals surface area (Å²) in [4.78, 5) is 6.20. The van der Waals surface area contributed by atoms with E-state index in [2.05, 4.69) is 9.88 Å². The first-order chi connectivity index (χ1) is 10.8. The van der Waals surface area contributed by atoms with Crippen molar-refractivity contribution in [2.24, 2.45) is 18.4 Å². The van der Waals surface area contributed by atoms with Crippen LogP contribution >= 0.6 is 0 Å². The molecule has 2 aliphatic rings. The molecule has 2 aliphatic heterocycles. The maximum Gasteiger partial charge on any atom is 0.262 e. The summed E-state index contributed by atoms with van der Waals surface area (Å²) in [6, 6.07) is 0. The molecule has 130 valence electrons. The smallest absolute Gasteiger partial charge is 0.262 e. The Kier molecular flexibility index (Phi) is 4.52. The summed E-state index contributed by atoms with van der Waals surface area (Å²) in [6.07, 6.45) is 4.97. The Labute approximate surface area is 138 Å². The van der Waals surface area contributed by atoms with Crippen molar-refractivity contribution >= 4 is 10.0 Å². The first-order valence-electron chi connectivity index (χ1n) is 8.04. The van der Waals surface area contributed by atoms with Crippen LogP contribution in [-0.4, -0.2) is 74.1 Å². The van der Waals surface area contributed by atoms with Crippen LogP contribution in [0.15, 0.2) is 17.6 Å². The van der Waals surface area contributed by atoms with Gasteiger partial charge in [-0.25, -0.2) is 13.4 Å². The zero-order valence-corrected chi connectivity index (χ0v) is 14.9. The SMILES string of the molecule is CN(C)CC1CN(S(=O)(=O)c2cn(C)cn2)CC12CCOCC2. The van der Waals surface area contributed by atoms with Crippen molar-refractivity contribution in [2.75, 3.05) is 46.9 Å². The van der Waals surface area contributed by atoms with Gasteiger partial charge in [-0.2, -0.15) is 4.31 Å². The molecule has 3 heterocycles. The van der Waals surface area contributed by atoms with Crippen LogP contribution in [0.25, 0.3) is 0 Å². The highest BCUT2D eigenvalue weighted by Crippen LogP contribution is 2.45. The van der Waals surface area contributed by atoms with Gasteiger partial charge in [0.1, 0.15) is 0 Å². The lowest BCUT2D eigenvalue weighted by molar-refractivity contribution is -0.00333. The van der Waals surface area contributed by atoms with Gasteiger partial charge in [0.05, 0.1) is 6.33 Å². The van der Waals surface area contributed by atoms with Crippen molar-refractivity contribution in [3.05, 3.63) is 12.5 Å². The van der Waals surface area contributed by atoms with E-state index in [1.165, 1.54) is 6.33 Å². The van der Waals surface area contributed by atoms with E-state index in [4.69, 9.17) is 4.74 Å². The van der Waals surface area contributed by atoms with Crippen molar-refractivity contribution in [2.45, 2.75) is 17.9 Å². The summed E-state index contributed by atoms with van der Waals surface area (Å²) < 4.78 is 34.6. The zero-order valence-electron chi connectivity index (χ0n) is 14.1. The van der Waals surface area contributed by atoms with E-state index >= 15 is 0 Å². The van der Waals surface area contributed by atoms with Crippen LogP contribution in [0, 0.1) is 11.3 Å². The molecule has 0 aliphatic carbocycles. The Balaban J connectivity index is 1.87. The standard InChI is InChI=1S/C15H26N4O3S/c1-17(2)8-13-9-19(11-15(13)4-6-22-7-5-15)23(20,21)14-10-18(3)12-16-14/h10,12-13H,4-9,11H2,1-3H3. The van der Waals surface area contributed by atoms with Crippen molar-refractivity contribution in [3.8, 4) is 0 Å². The molecule has 2 fully saturated rings. The van der Waals surface area contributed by atoms with Gasteiger partial charge in [0.25, 0.3) is 10.0 Å². The lowest BCUT2D eigenvalue weighted by Crippen LogP contribution is -2.40. The normalized spacial score (nSPS) is 25.5. The molecule has 23 heavy (non-hydrogen) atoms. The molecule has 1 aromatic heterocycles. The van der Waals surface area contributed by atoms with Crippen molar-refractivity contribution in [3.63, 3.8) is 0 Å². The monoisotopic (exact) mass is 342 g/mol. The maximum absolute atomic E-state index is 12.9. The van der Waals surface area contributed by atoms with Gasteiger partial charge >= 0.3 is 0 Å². The highest BCUT2D eigenvalue weighted by Gasteiger charge is 2.50. The molecular weight excluding hydrogens is 316 g/mol. The van der Waals surface area contributed by atoms with Crippen LogP contribution in [0.4, 0.5) is 0 Å². The quantitative estimate of drug-likeness (QED) is 0.792. The predicted molar refractivity (Wildman–Crippen MR) is 86.5 cm³/mol. The Hall–Kier alpha value is -0.960. The second-order valence-corrected chi connectivity index (χ2v) is 8.99. The average molecular weight is 342 g/mol. The Morgan fingerprint density at radius 3 is 2.65 bits per heavy atom. The van der Waals surface area contributed by atoms with Gasteiger partial charge in [-0.05, 0) is 38.3 Å². The van der Waals surface area contributed by atoms with Gasteiger partial charge in [0.15, 0.2) is 5.03 Å². The van der Waals surface area contributed by atoms with Crippen molar-refractivity contribution in [1.82, 2.24) is 18.8 Å². The van der Waals surface area contributed by atoms with Crippen LogP contribution in [0.1, 0.15) is 12.8 Å². The minimum Gasteiger partial charge on any atom is -0.381 e. The number of aryl methyl sites for hydroxylation is 1. The molecule has 2 saturated heterocycles. The molecule has 1 aromatic rings. The first kappa shape index (κ1) is 16.9. The molecule has 1 atom stereocenters. The number of nitrogens with zero attached hydrogens (tertiary/aromatic N) is 4. The number of aromatic nitrogens is 2. The Morgan fingerprint density at radius 2 is 2.09 bits per heavy atom. The van der Waals surface area contributed by atoms with Crippen LogP contribution in [0.3, 0.4) is 0 Å². The molecule has 1 unspecified atom stereocenters. The third-order valence-corrected chi connectivity index (χ3v) is 6.84. The minimum atomic E-state index is -3.52.